The van der Waals surface area contributed by atoms with E-state index in [1.165, 1.54) is 24.3 Å². The summed E-state index contributed by atoms with van der Waals surface area (Å²) in [6, 6.07) is 15.4. The average Bonchev–Trinajstić information content (AvgIpc) is 2.89. The van der Waals surface area contributed by atoms with Gasteiger partial charge in [-0.2, -0.15) is 0 Å². The van der Waals surface area contributed by atoms with Crippen LogP contribution in [0, 0.1) is 11.7 Å². The summed E-state index contributed by atoms with van der Waals surface area (Å²) in [6.45, 7) is 3.82. The highest BCUT2D eigenvalue weighted by atomic mass is 19.1. The van der Waals surface area contributed by atoms with Crippen molar-refractivity contribution >= 4 is 29.5 Å². The maximum absolute atomic E-state index is 13.0. The van der Waals surface area contributed by atoms with Crippen molar-refractivity contribution in [3.63, 3.8) is 0 Å². The second-order valence-electron chi connectivity index (χ2n) is 9.00. The Kier molecular flexibility index (Phi) is 8.26. The Hall–Kier alpha value is -3.52. The molecule has 8 heteroatoms. The third kappa shape index (κ3) is 6.99. The fraction of sp³-hybridized carbons (Fsp3) is 0.370. The zero-order chi connectivity index (χ0) is 24.6. The van der Waals surface area contributed by atoms with Gasteiger partial charge >= 0.3 is 0 Å². The Bertz CT molecular complexity index is 1040. The van der Waals surface area contributed by atoms with Crippen LogP contribution < -0.4 is 5.32 Å². The van der Waals surface area contributed by atoms with Gasteiger partial charge in [-0.3, -0.25) is 19.3 Å². The number of piperidine rings is 1. The smallest absolute Gasteiger partial charge is 0.246 e. The number of hydrogen-bond acceptors (Lipinski definition) is 4. The molecule has 2 aliphatic rings. The lowest BCUT2D eigenvalue weighted by Crippen LogP contribution is -2.53. The molecular weight excluding hydrogens is 447 g/mol. The molecule has 3 amide bonds. The van der Waals surface area contributed by atoms with Gasteiger partial charge in [-0.25, -0.2) is 4.39 Å². The zero-order valence-electron chi connectivity index (χ0n) is 19.7. The molecular formula is C27H31FN4O3. The Labute approximate surface area is 205 Å². The van der Waals surface area contributed by atoms with E-state index in [1.807, 2.05) is 46.2 Å². The fourth-order valence-corrected chi connectivity index (χ4v) is 4.51. The number of anilines is 1. The standard InChI is InChI=1S/C27H31FN4O3/c28-23-7-9-24(10-8-23)29-25(33)20-30-16-18-32(19-17-30)27(35)22-12-14-31(15-13-22)26(34)11-6-21-4-2-1-3-5-21/h1-11,22H,12-20H2,(H,29,33)/b11-6+. The largest absolute Gasteiger partial charge is 0.340 e. The second-order valence-corrected chi connectivity index (χ2v) is 9.00. The Morgan fingerprint density at radius 3 is 2.17 bits per heavy atom. The first kappa shape index (κ1) is 24.6. The Balaban J connectivity index is 1.17. The minimum absolute atomic E-state index is 0.0210. The van der Waals surface area contributed by atoms with Crippen molar-refractivity contribution in [3.05, 3.63) is 72.1 Å². The van der Waals surface area contributed by atoms with Crippen molar-refractivity contribution in [3.8, 4) is 0 Å². The molecule has 0 saturated carbocycles. The molecule has 2 saturated heterocycles. The lowest BCUT2D eigenvalue weighted by atomic mass is 9.95. The van der Waals surface area contributed by atoms with Crippen molar-refractivity contribution in [2.45, 2.75) is 12.8 Å². The van der Waals surface area contributed by atoms with E-state index in [2.05, 4.69) is 5.32 Å². The number of benzene rings is 2. The number of carbonyl (C=O) groups excluding carboxylic acids is 3. The van der Waals surface area contributed by atoms with Crippen LogP contribution in [-0.2, 0) is 14.4 Å². The molecule has 0 aromatic heterocycles. The van der Waals surface area contributed by atoms with Crippen LogP contribution in [0.3, 0.4) is 0 Å². The van der Waals surface area contributed by atoms with Crippen molar-refractivity contribution in [1.29, 1.82) is 0 Å². The van der Waals surface area contributed by atoms with Gasteiger partial charge in [-0.1, -0.05) is 30.3 Å². The quantitative estimate of drug-likeness (QED) is 0.648. The molecule has 0 aliphatic carbocycles. The zero-order valence-corrected chi connectivity index (χ0v) is 19.7. The molecule has 1 N–H and O–H groups in total. The summed E-state index contributed by atoms with van der Waals surface area (Å²) in [5.41, 5.74) is 1.54. The van der Waals surface area contributed by atoms with Crippen LogP contribution in [0.4, 0.5) is 10.1 Å². The molecule has 0 bridgehead atoms. The number of amides is 3. The van der Waals surface area contributed by atoms with Gasteiger partial charge in [0.05, 0.1) is 6.54 Å². The van der Waals surface area contributed by atoms with Gasteiger partial charge in [0.15, 0.2) is 0 Å². The van der Waals surface area contributed by atoms with Crippen molar-refractivity contribution in [2.24, 2.45) is 5.92 Å². The summed E-state index contributed by atoms with van der Waals surface area (Å²) in [7, 11) is 0. The molecule has 4 rings (SSSR count). The van der Waals surface area contributed by atoms with Crippen LogP contribution in [0.15, 0.2) is 60.7 Å². The Morgan fingerprint density at radius 2 is 1.51 bits per heavy atom. The molecule has 2 aromatic carbocycles. The number of halogens is 1. The minimum Gasteiger partial charge on any atom is -0.340 e. The first-order valence-electron chi connectivity index (χ1n) is 12.1. The molecule has 0 unspecified atom stereocenters. The molecule has 2 heterocycles. The van der Waals surface area contributed by atoms with E-state index in [1.54, 1.807) is 11.0 Å². The number of hydrogen-bond donors (Lipinski definition) is 1. The molecule has 2 fully saturated rings. The van der Waals surface area contributed by atoms with Crippen LogP contribution >= 0.6 is 0 Å². The fourth-order valence-electron chi connectivity index (χ4n) is 4.51. The van der Waals surface area contributed by atoms with Gasteiger partial charge < -0.3 is 15.1 Å². The maximum atomic E-state index is 13.0. The van der Waals surface area contributed by atoms with E-state index in [0.717, 1.165) is 5.56 Å². The number of rotatable bonds is 6. The van der Waals surface area contributed by atoms with Crippen LogP contribution in [0.2, 0.25) is 0 Å². The van der Waals surface area contributed by atoms with Gasteiger partial charge in [-0.15, -0.1) is 0 Å². The molecule has 2 aromatic rings. The van der Waals surface area contributed by atoms with Crippen molar-refractivity contribution in [2.75, 3.05) is 51.1 Å². The van der Waals surface area contributed by atoms with E-state index < -0.39 is 0 Å². The highest BCUT2D eigenvalue weighted by Crippen LogP contribution is 2.21. The summed E-state index contributed by atoms with van der Waals surface area (Å²) >= 11 is 0. The van der Waals surface area contributed by atoms with E-state index in [9.17, 15) is 18.8 Å². The third-order valence-electron chi connectivity index (χ3n) is 6.55. The summed E-state index contributed by atoms with van der Waals surface area (Å²) < 4.78 is 13.0. The van der Waals surface area contributed by atoms with Gasteiger partial charge in [0.25, 0.3) is 0 Å². The second kappa shape index (κ2) is 11.8. The van der Waals surface area contributed by atoms with Gasteiger partial charge in [-0.05, 0) is 48.7 Å². The minimum atomic E-state index is -0.346. The Morgan fingerprint density at radius 1 is 0.857 bits per heavy atom. The lowest BCUT2D eigenvalue weighted by molar-refractivity contribution is -0.141. The average molecular weight is 479 g/mol. The van der Waals surface area contributed by atoms with Gasteiger partial charge in [0.1, 0.15) is 5.82 Å². The first-order valence-corrected chi connectivity index (χ1v) is 12.1. The molecule has 184 valence electrons. The monoisotopic (exact) mass is 478 g/mol. The molecule has 0 radical (unpaired) electrons. The SMILES string of the molecule is O=C(CN1CCN(C(=O)C2CCN(C(=O)/C=C/c3ccccc3)CC2)CC1)Nc1ccc(F)cc1. The predicted octanol–water partition coefficient (Wildman–Crippen LogP) is 2.86. The number of likely N-dealkylation sites (tertiary alicyclic amines) is 1. The van der Waals surface area contributed by atoms with Gasteiger partial charge in [0, 0.05) is 56.9 Å². The summed E-state index contributed by atoms with van der Waals surface area (Å²) in [6.07, 6.45) is 4.76. The van der Waals surface area contributed by atoms with E-state index >= 15 is 0 Å². The number of nitrogens with zero attached hydrogens (tertiary/aromatic N) is 3. The summed E-state index contributed by atoms with van der Waals surface area (Å²) in [4.78, 5) is 43.5. The predicted molar refractivity (Wildman–Crippen MR) is 133 cm³/mol. The van der Waals surface area contributed by atoms with Crippen LogP contribution in [-0.4, -0.2) is 78.2 Å². The normalized spacial score (nSPS) is 17.5. The first-order chi connectivity index (χ1) is 17.0. The molecule has 0 spiro atoms. The lowest BCUT2D eigenvalue weighted by Gasteiger charge is -2.38. The van der Waals surface area contributed by atoms with Crippen LogP contribution in [0.5, 0.6) is 0 Å². The van der Waals surface area contributed by atoms with Crippen molar-refractivity contribution in [1.82, 2.24) is 14.7 Å². The molecule has 35 heavy (non-hydrogen) atoms. The van der Waals surface area contributed by atoms with E-state index in [0.29, 0.717) is 57.8 Å². The van der Waals surface area contributed by atoms with Crippen LogP contribution in [0.1, 0.15) is 18.4 Å². The van der Waals surface area contributed by atoms with E-state index in [-0.39, 0.29) is 36.0 Å². The van der Waals surface area contributed by atoms with Crippen LogP contribution in [0.25, 0.3) is 6.08 Å². The number of nitrogens with one attached hydrogen (secondary N) is 1. The van der Waals surface area contributed by atoms with E-state index in [4.69, 9.17) is 0 Å². The number of piperazine rings is 1. The molecule has 0 atom stereocenters. The highest BCUT2D eigenvalue weighted by Gasteiger charge is 2.31. The third-order valence-corrected chi connectivity index (χ3v) is 6.55. The molecule has 2 aliphatic heterocycles. The van der Waals surface area contributed by atoms with Gasteiger partial charge in [0.2, 0.25) is 17.7 Å². The summed E-state index contributed by atoms with van der Waals surface area (Å²) in [5, 5.41) is 2.77. The number of carbonyl (C=O) groups is 3. The highest BCUT2D eigenvalue weighted by molar-refractivity contribution is 5.92. The summed E-state index contributed by atoms with van der Waals surface area (Å²) in [5.74, 6) is -0.444. The molecule has 7 nitrogen and oxygen atoms in total. The maximum Gasteiger partial charge on any atom is 0.246 e. The topological polar surface area (TPSA) is 73.0 Å². The van der Waals surface area contributed by atoms with Crippen molar-refractivity contribution < 1.29 is 18.8 Å².